The van der Waals surface area contributed by atoms with Crippen molar-refractivity contribution in [2.24, 2.45) is 5.92 Å². The Morgan fingerprint density at radius 1 is 0.857 bits per heavy atom. The Morgan fingerprint density at radius 2 is 1.49 bits per heavy atom. The van der Waals surface area contributed by atoms with Crippen LogP contribution >= 0.6 is 34.8 Å². The lowest BCUT2D eigenvalue weighted by Crippen LogP contribution is -2.41. The second-order valence-corrected chi connectivity index (χ2v) is 11.3. The number of hydrogen-bond donors (Lipinski definition) is 1. The molecule has 1 aliphatic rings. The van der Waals surface area contributed by atoms with Crippen molar-refractivity contribution in [3.63, 3.8) is 0 Å². The van der Waals surface area contributed by atoms with E-state index in [2.05, 4.69) is 5.32 Å². The Balaban J connectivity index is 1.47. The summed E-state index contributed by atoms with van der Waals surface area (Å²) in [5, 5.41) is 3.57. The van der Waals surface area contributed by atoms with E-state index in [0.717, 1.165) is 0 Å². The quantitative estimate of drug-likeness (QED) is 0.386. The molecule has 1 heterocycles. The van der Waals surface area contributed by atoms with Crippen molar-refractivity contribution in [1.29, 1.82) is 0 Å². The van der Waals surface area contributed by atoms with Gasteiger partial charge in [-0.25, -0.2) is 8.42 Å². The lowest BCUT2D eigenvalue weighted by Gasteiger charge is -2.31. The number of carbonyl (C=O) groups excluding carboxylic acids is 2. The zero-order valence-electron chi connectivity index (χ0n) is 18.4. The zero-order chi connectivity index (χ0) is 25.2. The summed E-state index contributed by atoms with van der Waals surface area (Å²) < 4.78 is 27.4. The van der Waals surface area contributed by atoms with Crippen LogP contribution in [-0.2, 0) is 14.8 Å². The third-order valence-corrected chi connectivity index (χ3v) is 8.71. The molecular weight excluding hydrogens is 531 g/mol. The number of anilines is 1. The van der Waals surface area contributed by atoms with Gasteiger partial charge in [0.15, 0.2) is 5.78 Å². The maximum absolute atomic E-state index is 13.0. The van der Waals surface area contributed by atoms with Gasteiger partial charge in [0.25, 0.3) is 0 Å². The predicted octanol–water partition coefficient (Wildman–Crippen LogP) is 5.92. The molecule has 1 aliphatic heterocycles. The molecule has 1 saturated heterocycles. The van der Waals surface area contributed by atoms with Crippen LogP contribution in [0.1, 0.15) is 28.8 Å². The number of nitrogens with one attached hydrogen (secondary N) is 1. The summed E-state index contributed by atoms with van der Waals surface area (Å²) in [6.07, 6.45) is 0.637. The van der Waals surface area contributed by atoms with Gasteiger partial charge in [-0.05, 0) is 49.2 Å². The molecule has 0 saturated carbocycles. The van der Waals surface area contributed by atoms with E-state index in [1.54, 1.807) is 36.4 Å². The highest BCUT2D eigenvalue weighted by Crippen LogP contribution is 2.31. The van der Waals surface area contributed by atoms with E-state index in [-0.39, 0.29) is 45.3 Å². The second-order valence-electron chi connectivity index (χ2n) is 8.13. The van der Waals surface area contributed by atoms with E-state index in [4.69, 9.17) is 34.8 Å². The van der Waals surface area contributed by atoms with E-state index in [1.165, 1.54) is 28.6 Å². The fourth-order valence-corrected chi connectivity index (χ4v) is 6.34. The van der Waals surface area contributed by atoms with Crippen LogP contribution in [0.3, 0.4) is 0 Å². The van der Waals surface area contributed by atoms with Gasteiger partial charge in [0.1, 0.15) is 4.90 Å². The van der Waals surface area contributed by atoms with Crippen LogP contribution < -0.4 is 5.32 Å². The average Bonchev–Trinajstić information content (AvgIpc) is 2.86. The highest BCUT2D eigenvalue weighted by atomic mass is 35.5. The number of nitrogens with zero attached hydrogens (tertiary/aromatic N) is 1. The molecule has 4 rings (SSSR count). The van der Waals surface area contributed by atoms with Gasteiger partial charge in [-0.3, -0.25) is 9.59 Å². The van der Waals surface area contributed by atoms with E-state index in [9.17, 15) is 18.0 Å². The van der Waals surface area contributed by atoms with Crippen molar-refractivity contribution in [3.8, 4) is 0 Å². The fourth-order valence-electron chi connectivity index (χ4n) is 3.97. The van der Waals surface area contributed by atoms with Crippen molar-refractivity contribution >= 4 is 62.2 Å². The minimum atomic E-state index is -3.85. The van der Waals surface area contributed by atoms with Gasteiger partial charge >= 0.3 is 0 Å². The number of carbonyl (C=O) groups is 2. The summed E-state index contributed by atoms with van der Waals surface area (Å²) in [5.74, 6) is -0.971. The van der Waals surface area contributed by atoms with E-state index < -0.39 is 15.9 Å². The number of benzene rings is 3. The second kappa shape index (κ2) is 10.7. The van der Waals surface area contributed by atoms with Crippen molar-refractivity contribution < 1.29 is 18.0 Å². The SMILES string of the molecule is O=C(c1ccccc1)c1cc(Cl)ccc1NC(=O)C1CCN(S(=O)(=O)c2cc(Cl)ccc2Cl)CC1. The standard InChI is InChI=1S/C25H21Cl3N2O4S/c26-18-7-9-22(20(14-18)24(31)16-4-2-1-3-5-16)29-25(32)17-10-12-30(13-11-17)35(33,34)23-15-19(27)6-8-21(23)28/h1-9,14-15,17H,10-13H2,(H,29,32). The van der Waals surface area contributed by atoms with Crippen molar-refractivity contribution in [2.45, 2.75) is 17.7 Å². The molecule has 1 fully saturated rings. The monoisotopic (exact) mass is 550 g/mol. The minimum absolute atomic E-state index is 0.0557. The van der Waals surface area contributed by atoms with Crippen molar-refractivity contribution in [3.05, 3.63) is 92.9 Å². The van der Waals surface area contributed by atoms with Gasteiger partial charge in [0.2, 0.25) is 15.9 Å². The van der Waals surface area contributed by atoms with Gasteiger partial charge in [0.05, 0.1) is 10.7 Å². The number of amides is 1. The first-order valence-electron chi connectivity index (χ1n) is 10.8. The van der Waals surface area contributed by atoms with Gasteiger partial charge in [-0.2, -0.15) is 4.31 Å². The molecule has 10 heteroatoms. The smallest absolute Gasteiger partial charge is 0.244 e. The molecule has 0 aromatic heterocycles. The molecule has 1 N–H and O–H groups in total. The van der Waals surface area contributed by atoms with Crippen LogP contribution in [0.25, 0.3) is 0 Å². The highest BCUT2D eigenvalue weighted by molar-refractivity contribution is 7.89. The molecule has 1 amide bonds. The summed E-state index contributed by atoms with van der Waals surface area (Å²) in [7, 11) is -3.85. The molecule has 0 bridgehead atoms. The number of ketones is 1. The molecule has 3 aromatic rings. The third kappa shape index (κ3) is 5.71. The number of hydrogen-bond acceptors (Lipinski definition) is 4. The van der Waals surface area contributed by atoms with Crippen molar-refractivity contribution in [2.75, 3.05) is 18.4 Å². The third-order valence-electron chi connectivity index (χ3n) is 5.86. The lowest BCUT2D eigenvalue weighted by molar-refractivity contribution is -0.120. The van der Waals surface area contributed by atoms with Gasteiger partial charge < -0.3 is 5.32 Å². The van der Waals surface area contributed by atoms with Crippen LogP contribution in [0.15, 0.2) is 71.6 Å². The summed E-state index contributed by atoms with van der Waals surface area (Å²) in [6, 6.07) is 17.7. The van der Waals surface area contributed by atoms with Crippen LogP contribution in [0, 0.1) is 5.92 Å². The number of piperidine rings is 1. The molecule has 0 spiro atoms. The van der Waals surface area contributed by atoms with Gasteiger partial charge in [-0.1, -0.05) is 65.1 Å². The Bertz CT molecular complexity index is 1370. The van der Waals surface area contributed by atoms with E-state index in [0.29, 0.717) is 29.1 Å². The van der Waals surface area contributed by atoms with Gasteiger partial charge in [0, 0.05) is 40.2 Å². The summed E-state index contributed by atoms with van der Waals surface area (Å²) >= 11 is 18.2. The highest BCUT2D eigenvalue weighted by Gasteiger charge is 2.33. The topological polar surface area (TPSA) is 83.6 Å². The summed E-state index contributed by atoms with van der Waals surface area (Å²) in [6.45, 7) is 0.305. The Hall–Kier alpha value is -2.42. The van der Waals surface area contributed by atoms with E-state index >= 15 is 0 Å². The number of sulfonamides is 1. The molecule has 182 valence electrons. The number of halogens is 3. The summed E-state index contributed by atoms with van der Waals surface area (Å²) in [4.78, 5) is 26.0. The maximum Gasteiger partial charge on any atom is 0.244 e. The normalized spacial score (nSPS) is 15.1. The van der Waals surface area contributed by atoms with Gasteiger partial charge in [-0.15, -0.1) is 0 Å². The molecule has 6 nitrogen and oxygen atoms in total. The molecule has 3 aromatic carbocycles. The predicted molar refractivity (Wildman–Crippen MR) is 138 cm³/mol. The molecule has 35 heavy (non-hydrogen) atoms. The van der Waals surface area contributed by atoms with Crippen LogP contribution in [0.4, 0.5) is 5.69 Å². The molecule has 0 radical (unpaired) electrons. The van der Waals surface area contributed by atoms with Crippen LogP contribution in [0.2, 0.25) is 15.1 Å². The first-order valence-corrected chi connectivity index (χ1v) is 13.4. The lowest BCUT2D eigenvalue weighted by atomic mass is 9.96. The van der Waals surface area contributed by atoms with E-state index in [1.807, 2.05) is 6.07 Å². The number of rotatable bonds is 6. The van der Waals surface area contributed by atoms with Crippen LogP contribution in [-0.4, -0.2) is 37.5 Å². The Morgan fingerprint density at radius 3 is 2.17 bits per heavy atom. The first-order chi connectivity index (χ1) is 16.7. The minimum Gasteiger partial charge on any atom is -0.325 e. The molecular formula is C25H21Cl3N2O4S. The first kappa shape index (κ1) is 25.7. The van der Waals surface area contributed by atoms with Crippen molar-refractivity contribution in [1.82, 2.24) is 4.31 Å². The average molecular weight is 552 g/mol. The molecule has 0 atom stereocenters. The summed E-state index contributed by atoms with van der Waals surface area (Å²) in [5.41, 5.74) is 1.12. The maximum atomic E-state index is 13.0. The fraction of sp³-hybridized carbons (Fsp3) is 0.200. The largest absolute Gasteiger partial charge is 0.325 e. The Labute approximate surface area is 218 Å². The zero-order valence-corrected chi connectivity index (χ0v) is 21.5. The molecule has 0 aliphatic carbocycles. The van der Waals surface area contributed by atoms with Crippen LogP contribution in [0.5, 0.6) is 0 Å². The Kier molecular flexibility index (Phi) is 7.83. The molecule has 0 unspecified atom stereocenters.